The van der Waals surface area contributed by atoms with Crippen LogP contribution in [0.1, 0.15) is 27.2 Å². The molecule has 8 heteroatoms. The monoisotopic (exact) mass is 403 g/mol. The average Bonchev–Trinajstić information content (AvgIpc) is 3.18. The van der Waals surface area contributed by atoms with E-state index in [9.17, 15) is 14.7 Å². The van der Waals surface area contributed by atoms with Crippen molar-refractivity contribution in [1.82, 2.24) is 10.4 Å². The van der Waals surface area contributed by atoms with Gasteiger partial charge in [0.15, 0.2) is 0 Å². The second kappa shape index (κ2) is 8.84. The minimum absolute atomic E-state index is 0.0876. The molecular formula is C21H29N3O5. The van der Waals surface area contributed by atoms with Crippen molar-refractivity contribution < 1.29 is 24.3 Å². The van der Waals surface area contributed by atoms with Crippen molar-refractivity contribution in [2.45, 2.75) is 39.3 Å². The molecule has 2 aromatic rings. The Kier molecular flexibility index (Phi) is 6.44. The fraction of sp³-hybridized carbons (Fsp3) is 0.524. The molecule has 1 aromatic heterocycles. The number of carbonyl (C=O) groups is 2. The van der Waals surface area contributed by atoms with Crippen molar-refractivity contribution >= 4 is 28.5 Å². The summed E-state index contributed by atoms with van der Waals surface area (Å²) in [6.07, 6.45) is 0.442. The SMILES string of the molecule is CC(C)C[C@H](C(=O)N1CCN(c2ccc3occc3c2)C[C@H]1C)[C@H](O)C(=O)NO. The number of hydrogen-bond donors (Lipinski definition) is 3. The summed E-state index contributed by atoms with van der Waals surface area (Å²) < 4.78 is 5.39. The summed E-state index contributed by atoms with van der Waals surface area (Å²) >= 11 is 0. The second-order valence-electron chi connectivity index (χ2n) is 8.13. The standard InChI is InChI=1S/C21H29N3O5/c1-13(2)10-17(19(25)20(26)22-28)21(27)24-8-7-23(12-14(24)3)16-4-5-18-15(11-16)6-9-29-18/h4-6,9,11,13-14,17,19,25,28H,7-8,10,12H2,1-3H3,(H,22,26)/t14-,17+,19+/m1/s1. The predicted octanol–water partition coefficient (Wildman–Crippen LogP) is 2.00. The smallest absolute Gasteiger partial charge is 0.272 e. The summed E-state index contributed by atoms with van der Waals surface area (Å²) in [6, 6.07) is 7.85. The van der Waals surface area contributed by atoms with E-state index in [1.165, 1.54) is 5.48 Å². The minimum atomic E-state index is -1.58. The molecule has 1 aromatic carbocycles. The predicted molar refractivity (Wildman–Crippen MR) is 108 cm³/mol. The van der Waals surface area contributed by atoms with Gasteiger partial charge in [0.1, 0.15) is 11.7 Å². The van der Waals surface area contributed by atoms with Gasteiger partial charge in [0, 0.05) is 36.7 Å². The van der Waals surface area contributed by atoms with Crippen LogP contribution in [0.25, 0.3) is 11.0 Å². The number of rotatable bonds is 6. The first kappa shape index (κ1) is 21.1. The van der Waals surface area contributed by atoms with E-state index in [1.54, 1.807) is 11.2 Å². The van der Waals surface area contributed by atoms with E-state index < -0.39 is 17.9 Å². The second-order valence-corrected chi connectivity index (χ2v) is 8.13. The van der Waals surface area contributed by atoms with Gasteiger partial charge < -0.3 is 19.3 Å². The van der Waals surface area contributed by atoms with Crippen molar-refractivity contribution in [1.29, 1.82) is 0 Å². The van der Waals surface area contributed by atoms with E-state index >= 15 is 0 Å². The first-order chi connectivity index (χ1) is 13.8. The fourth-order valence-electron chi connectivity index (χ4n) is 4.00. The Bertz CT molecular complexity index is 865. The molecule has 2 heterocycles. The lowest BCUT2D eigenvalue weighted by molar-refractivity contribution is -0.152. The van der Waals surface area contributed by atoms with Crippen LogP contribution in [-0.2, 0) is 9.59 Å². The third kappa shape index (κ3) is 4.54. The van der Waals surface area contributed by atoms with E-state index in [2.05, 4.69) is 11.0 Å². The highest BCUT2D eigenvalue weighted by molar-refractivity contribution is 5.89. The van der Waals surface area contributed by atoms with E-state index in [0.29, 0.717) is 26.1 Å². The molecule has 3 N–H and O–H groups in total. The van der Waals surface area contributed by atoms with Gasteiger partial charge in [-0.25, -0.2) is 5.48 Å². The van der Waals surface area contributed by atoms with Gasteiger partial charge in [-0.05, 0) is 43.5 Å². The molecule has 1 aliphatic rings. The Morgan fingerprint density at radius 1 is 1.28 bits per heavy atom. The molecule has 158 valence electrons. The highest BCUT2D eigenvalue weighted by Gasteiger charge is 2.38. The molecule has 1 fully saturated rings. The number of aliphatic hydroxyl groups excluding tert-OH is 1. The van der Waals surface area contributed by atoms with Gasteiger partial charge in [-0.15, -0.1) is 0 Å². The Morgan fingerprint density at radius 2 is 2.03 bits per heavy atom. The van der Waals surface area contributed by atoms with Crippen LogP contribution in [0.3, 0.4) is 0 Å². The molecular weight excluding hydrogens is 374 g/mol. The number of fused-ring (bicyclic) bond motifs is 1. The number of nitrogens with zero attached hydrogens (tertiary/aromatic N) is 2. The molecule has 29 heavy (non-hydrogen) atoms. The van der Waals surface area contributed by atoms with E-state index in [0.717, 1.165) is 16.7 Å². The zero-order chi connectivity index (χ0) is 21.1. The quantitative estimate of drug-likeness (QED) is 0.503. The Labute approximate surface area is 170 Å². The Morgan fingerprint density at radius 3 is 2.69 bits per heavy atom. The third-order valence-corrected chi connectivity index (χ3v) is 5.51. The number of aliphatic hydroxyl groups is 1. The van der Waals surface area contributed by atoms with Crippen LogP contribution >= 0.6 is 0 Å². The largest absolute Gasteiger partial charge is 0.464 e. The fourth-order valence-corrected chi connectivity index (χ4v) is 4.00. The van der Waals surface area contributed by atoms with Crippen LogP contribution in [-0.4, -0.2) is 58.8 Å². The normalized spacial score (nSPS) is 19.4. The molecule has 0 saturated carbocycles. The number of furan rings is 1. The molecule has 8 nitrogen and oxygen atoms in total. The zero-order valence-electron chi connectivity index (χ0n) is 17.0. The van der Waals surface area contributed by atoms with Crippen LogP contribution in [0, 0.1) is 11.8 Å². The van der Waals surface area contributed by atoms with Gasteiger partial charge in [-0.2, -0.15) is 0 Å². The Hall–Kier alpha value is -2.58. The summed E-state index contributed by atoms with van der Waals surface area (Å²) in [5, 5.41) is 20.2. The van der Waals surface area contributed by atoms with Gasteiger partial charge in [-0.1, -0.05) is 13.8 Å². The number of anilines is 1. The molecule has 1 saturated heterocycles. The van der Waals surface area contributed by atoms with Gasteiger partial charge in [-0.3, -0.25) is 14.8 Å². The maximum Gasteiger partial charge on any atom is 0.272 e. The number of piperazine rings is 1. The molecule has 3 atom stereocenters. The van der Waals surface area contributed by atoms with Gasteiger partial charge >= 0.3 is 0 Å². The highest BCUT2D eigenvalue weighted by Crippen LogP contribution is 2.27. The average molecular weight is 403 g/mol. The van der Waals surface area contributed by atoms with E-state index in [-0.39, 0.29) is 17.9 Å². The van der Waals surface area contributed by atoms with Crippen molar-refractivity contribution in [3.63, 3.8) is 0 Å². The number of benzene rings is 1. The molecule has 1 aliphatic heterocycles. The molecule has 0 bridgehead atoms. The van der Waals surface area contributed by atoms with Crippen LogP contribution in [0.2, 0.25) is 0 Å². The number of carbonyl (C=O) groups excluding carboxylic acids is 2. The number of nitrogens with one attached hydrogen (secondary N) is 1. The van der Waals surface area contributed by atoms with E-state index in [4.69, 9.17) is 9.62 Å². The lowest BCUT2D eigenvalue weighted by Gasteiger charge is -2.42. The van der Waals surface area contributed by atoms with Crippen LogP contribution in [0.4, 0.5) is 5.69 Å². The molecule has 3 rings (SSSR count). The summed E-state index contributed by atoms with van der Waals surface area (Å²) in [5.74, 6) is -1.99. The molecule has 0 radical (unpaired) electrons. The number of hydroxylamine groups is 1. The van der Waals surface area contributed by atoms with Crippen molar-refractivity contribution in [2.75, 3.05) is 24.5 Å². The lowest BCUT2D eigenvalue weighted by atomic mass is 9.89. The zero-order valence-corrected chi connectivity index (χ0v) is 17.0. The van der Waals surface area contributed by atoms with E-state index in [1.807, 2.05) is 39.0 Å². The topological polar surface area (TPSA) is 106 Å². The molecule has 0 unspecified atom stereocenters. The van der Waals surface area contributed by atoms with Gasteiger partial charge in [0.2, 0.25) is 5.91 Å². The van der Waals surface area contributed by atoms with Crippen molar-refractivity contribution in [2.24, 2.45) is 11.8 Å². The first-order valence-corrected chi connectivity index (χ1v) is 9.96. The first-order valence-electron chi connectivity index (χ1n) is 9.96. The number of hydrogen-bond acceptors (Lipinski definition) is 6. The summed E-state index contributed by atoms with van der Waals surface area (Å²) in [5.41, 5.74) is 3.36. The third-order valence-electron chi connectivity index (χ3n) is 5.51. The lowest BCUT2D eigenvalue weighted by Crippen LogP contribution is -2.57. The maximum atomic E-state index is 13.2. The minimum Gasteiger partial charge on any atom is -0.464 e. The van der Waals surface area contributed by atoms with Crippen LogP contribution in [0.15, 0.2) is 34.9 Å². The summed E-state index contributed by atoms with van der Waals surface area (Å²) in [4.78, 5) is 28.8. The Balaban J connectivity index is 1.72. The van der Waals surface area contributed by atoms with Crippen molar-refractivity contribution in [3.05, 3.63) is 30.5 Å². The maximum absolute atomic E-state index is 13.2. The number of amides is 2. The van der Waals surface area contributed by atoms with Crippen LogP contribution < -0.4 is 10.4 Å². The van der Waals surface area contributed by atoms with Crippen molar-refractivity contribution in [3.8, 4) is 0 Å². The molecule has 0 spiro atoms. The van der Waals surface area contributed by atoms with Crippen LogP contribution in [0.5, 0.6) is 0 Å². The highest BCUT2D eigenvalue weighted by atomic mass is 16.5. The van der Waals surface area contributed by atoms with Gasteiger partial charge in [0.05, 0.1) is 12.2 Å². The van der Waals surface area contributed by atoms with Gasteiger partial charge in [0.25, 0.3) is 5.91 Å². The molecule has 2 amide bonds. The summed E-state index contributed by atoms with van der Waals surface area (Å²) in [6.45, 7) is 7.60. The summed E-state index contributed by atoms with van der Waals surface area (Å²) in [7, 11) is 0. The molecule has 0 aliphatic carbocycles.